The van der Waals surface area contributed by atoms with Crippen LogP contribution in [0.15, 0.2) is 47.8 Å². The lowest BCUT2D eigenvalue weighted by atomic mass is 10.2. The van der Waals surface area contributed by atoms with Gasteiger partial charge in [-0.15, -0.1) is 11.3 Å². The molecule has 2 aromatic heterocycles. The van der Waals surface area contributed by atoms with E-state index in [2.05, 4.69) is 5.10 Å². The normalized spacial score (nSPS) is 10.8. The predicted molar refractivity (Wildman–Crippen MR) is 98.2 cm³/mol. The third-order valence-corrected chi connectivity index (χ3v) is 4.84. The molecule has 0 spiro atoms. The lowest BCUT2D eigenvalue weighted by molar-refractivity contribution is -0.119. The Morgan fingerprint density at radius 2 is 2.00 bits per heavy atom. The van der Waals surface area contributed by atoms with Gasteiger partial charge in [0, 0.05) is 29.2 Å². The third kappa shape index (κ3) is 4.33. The van der Waals surface area contributed by atoms with Gasteiger partial charge in [0.05, 0.1) is 12.2 Å². The van der Waals surface area contributed by atoms with Crippen LogP contribution in [0.4, 0.5) is 10.1 Å². The molecule has 0 unspecified atom stereocenters. The average Bonchev–Trinajstić information content (AvgIpc) is 3.20. The fourth-order valence-electron chi connectivity index (χ4n) is 2.74. The summed E-state index contributed by atoms with van der Waals surface area (Å²) >= 11 is 1.60. The number of thiophene rings is 1. The minimum absolute atomic E-state index is 0.00689. The van der Waals surface area contributed by atoms with Gasteiger partial charge in [0.15, 0.2) is 0 Å². The van der Waals surface area contributed by atoms with E-state index in [1.54, 1.807) is 28.4 Å². The number of hydrogen-bond donors (Lipinski definition) is 0. The number of anilines is 1. The van der Waals surface area contributed by atoms with Crippen LogP contribution >= 0.6 is 11.3 Å². The Morgan fingerprint density at radius 1 is 1.24 bits per heavy atom. The van der Waals surface area contributed by atoms with E-state index >= 15 is 0 Å². The molecule has 1 amide bonds. The van der Waals surface area contributed by atoms with Gasteiger partial charge in [-0.25, -0.2) is 4.39 Å². The van der Waals surface area contributed by atoms with Crippen LogP contribution in [0, 0.1) is 19.7 Å². The number of benzene rings is 1. The number of hydrogen-bond acceptors (Lipinski definition) is 3. The van der Waals surface area contributed by atoms with Gasteiger partial charge in [-0.2, -0.15) is 5.10 Å². The first kappa shape index (κ1) is 17.4. The molecular formula is C19H20FN3OS. The first-order chi connectivity index (χ1) is 12.0. The van der Waals surface area contributed by atoms with E-state index in [1.807, 2.05) is 42.1 Å². The van der Waals surface area contributed by atoms with Crippen molar-refractivity contribution in [1.29, 1.82) is 0 Å². The summed E-state index contributed by atoms with van der Waals surface area (Å²) in [6.07, 6.45) is 0.338. The van der Waals surface area contributed by atoms with Gasteiger partial charge in [-0.05, 0) is 55.6 Å². The van der Waals surface area contributed by atoms with Crippen LogP contribution in [0.1, 0.15) is 22.7 Å². The molecule has 3 rings (SSSR count). The predicted octanol–water partition coefficient (Wildman–Crippen LogP) is 4.32. The molecular weight excluding hydrogens is 337 g/mol. The van der Waals surface area contributed by atoms with Crippen LogP contribution in [-0.2, 0) is 17.9 Å². The van der Waals surface area contributed by atoms with Crippen LogP contribution in [-0.4, -0.2) is 15.7 Å². The summed E-state index contributed by atoms with van der Waals surface area (Å²) in [6, 6.07) is 12.0. The second kappa shape index (κ2) is 7.61. The second-order valence-corrected chi connectivity index (χ2v) is 6.97. The molecule has 3 aromatic rings. The van der Waals surface area contributed by atoms with Crippen molar-refractivity contribution in [2.24, 2.45) is 0 Å². The molecule has 6 heteroatoms. The van der Waals surface area contributed by atoms with E-state index in [-0.39, 0.29) is 11.7 Å². The lowest BCUT2D eigenvalue weighted by Gasteiger charge is -2.22. The molecule has 0 aliphatic rings. The van der Waals surface area contributed by atoms with Crippen molar-refractivity contribution in [3.63, 3.8) is 0 Å². The maximum absolute atomic E-state index is 13.2. The molecule has 2 heterocycles. The summed E-state index contributed by atoms with van der Waals surface area (Å²) in [6.45, 7) is 4.93. The standard InChI is InChI=1S/C19H20FN3OS/c1-14-12-15(2)23(21-14)10-9-19(24)22(13-18-4-3-11-25-18)17-7-5-16(20)6-8-17/h3-8,11-12H,9-10,13H2,1-2H3. The van der Waals surface area contributed by atoms with E-state index in [1.165, 1.54) is 12.1 Å². The van der Waals surface area contributed by atoms with Crippen LogP contribution in [0.5, 0.6) is 0 Å². The second-order valence-electron chi connectivity index (χ2n) is 5.94. The van der Waals surface area contributed by atoms with Gasteiger partial charge in [0.25, 0.3) is 0 Å². The molecule has 0 fully saturated rings. The maximum atomic E-state index is 13.2. The quantitative estimate of drug-likeness (QED) is 0.659. The van der Waals surface area contributed by atoms with Crippen molar-refractivity contribution in [3.05, 3.63) is 69.9 Å². The number of aromatic nitrogens is 2. The average molecular weight is 357 g/mol. The topological polar surface area (TPSA) is 38.1 Å². The van der Waals surface area contributed by atoms with E-state index < -0.39 is 0 Å². The van der Waals surface area contributed by atoms with Gasteiger partial charge in [-0.1, -0.05) is 6.07 Å². The van der Waals surface area contributed by atoms with Gasteiger partial charge in [0.2, 0.25) is 5.91 Å². The molecule has 25 heavy (non-hydrogen) atoms. The Hall–Kier alpha value is -2.47. The number of aryl methyl sites for hydroxylation is 3. The lowest BCUT2D eigenvalue weighted by Crippen LogP contribution is -2.31. The molecule has 4 nitrogen and oxygen atoms in total. The molecule has 0 radical (unpaired) electrons. The summed E-state index contributed by atoms with van der Waals surface area (Å²) < 4.78 is 15.1. The fourth-order valence-corrected chi connectivity index (χ4v) is 3.43. The Kier molecular flexibility index (Phi) is 5.28. The summed E-state index contributed by atoms with van der Waals surface area (Å²) in [5.41, 5.74) is 2.68. The number of carbonyl (C=O) groups is 1. The Morgan fingerprint density at radius 3 is 2.60 bits per heavy atom. The Balaban J connectivity index is 1.76. The number of amides is 1. The maximum Gasteiger partial charge on any atom is 0.229 e. The van der Waals surface area contributed by atoms with Crippen molar-refractivity contribution < 1.29 is 9.18 Å². The Labute approximate surface area is 150 Å². The summed E-state index contributed by atoms with van der Waals surface area (Å²) in [7, 11) is 0. The minimum Gasteiger partial charge on any atom is -0.307 e. The zero-order valence-corrected chi connectivity index (χ0v) is 15.1. The SMILES string of the molecule is Cc1cc(C)n(CCC(=O)N(Cc2cccs2)c2ccc(F)cc2)n1. The molecule has 0 bridgehead atoms. The fraction of sp³-hybridized carbons (Fsp3) is 0.263. The summed E-state index contributed by atoms with van der Waals surface area (Å²) in [5.74, 6) is -0.317. The van der Waals surface area contributed by atoms with Crippen molar-refractivity contribution in [3.8, 4) is 0 Å². The number of carbonyl (C=O) groups excluding carboxylic acids is 1. The highest BCUT2D eigenvalue weighted by molar-refractivity contribution is 7.09. The Bertz CT molecular complexity index is 840. The largest absolute Gasteiger partial charge is 0.307 e. The first-order valence-corrected chi connectivity index (χ1v) is 9.00. The number of halogens is 1. The molecule has 0 N–H and O–H groups in total. The zero-order chi connectivity index (χ0) is 17.8. The highest BCUT2D eigenvalue weighted by Crippen LogP contribution is 2.21. The molecule has 0 saturated carbocycles. The van der Waals surface area contributed by atoms with Crippen molar-refractivity contribution >= 4 is 22.9 Å². The molecule has 130 valence electrons. The third-order valence-electron chi connectivity index (χ3n) is 3.97. The molecule has 0 saturated heterocycles. The monoisotopic (exact) mass is 357 g/mol. The van der Waals surface area contributed by atoms with Crippen LogP contribution in [0.25, 0.3) is 0 Å². The smallest absolute Gasteiger partial charge is 0.229 e. The summed E-state index contributed by atoms with van der Waals surface area (Å²) in [4.78, 5) is 15.6. The van der Waals surface area contributed by atoms with E-state index in [0.29, 0.717) is 25.2 Å². The minimum atomic E-state index is -0.310. The number of rotatable bonds is 6. The van der Waals surface area contributed by atoms with Crippen molar-refractivity contribution in [2.45, 2.75) is 33.4 Å². The zero-order valence-electron chi connectivity index (χ0n) is 14.3. The van der Waals surface area contributed by atoms with E-state index in [9.17, 15) is 9.18 Å². The molecule has 1 aromatic carbocycles. The highest BCUT2D eigenvalue weighted by Gasteiger charge is 2.17. The van der Waals surface area contributed by atoms with Crippen molar-refractivity contribution in [1.82, 2.24) is 9.78 Å². The van der Waals surface area contributed by atoms with Gasteiger partial charge < -0.3 is 4.90 Å². The van der Waals surface area contributed by atoms with E-state index in [4.69, 9.17) is 0 Å². The van der Waals surface area contributed by atoms with Gasteiger partial charge >= 0.3 is 0 Å². The summed E-state index contributed by atoms with van der Waals surface area (Å²) in [5, 5.41) is 6.38. The van der Waals surface area contributed by atoms with Gasteiger partial charge in [-0.3, -0.25) is 9.48 Å². The van der Waals surface area contributed by atoms with Gasteiger partial charge in [0.1, 0.15) is 5.82 Å². The van der Waals surface area contributed by atoms with E-state index in [0.717, 1.165) is 16.3 Å². The molecule has 0 atom stereocenters. The van der Waals surface area contributed by atoms with Crippen LogP contribution < -0.4 is 4.90 Å². The highest BCUT2D eigenvalue weighted by atomic mass is 32.1. The van der Waals surface area contributed by atoms with Crippen LogP contribution in [0.3, 0.4) is 0 Å². The molecule has 0 aliphatic heterocycles. The number of nitrogens with zero attached hydrogens (tertiary/aromatic N) is 3. The molecule has 0 aliphatic carbocycles. The first-order valence-electron chi connectivity index (χ1n) is 8.12. The van der Waals surface area contributed by atoms with Crippen molar-refractivity contribution in [2.75, 3.05) is 4.90 Å². The van der Waals surface area contributed by atoms with Crippen LogP contribution in [0.2, 0.25) is 0 Å².